The van der Waals surface area contributed by atoms with Crippen molar-refractivity contribution in [2.75, 3.05) is 18.0 Å². The van der Waals surface area contributed by atoms with Gasteiger partial charge < -0.3 is 10.2 Å². The van der Waals surface area contributed by atoms with Crippen LogP contribution in [0.5, 0.6) is 0 Å². The SMILES string of the molecule is Cc1cccc(N2CCNCc3ccccc32)c1C. The third-order valence-corrected chi connectivity index (χ3v) is 3.98. The predicted octanol–water partition coefficient (Wildman–Crippen LogP) is 3.54. The zero-order valence-electron chi connectivity index (χ0n) is 11.6. The van der Waals surface area contributed by atoms with Crippen molar-refractivity contribution in [2.45, 2.75) is 20.4 Å². The van der Waals surface area contributed by atoms with Crippen LogP contribution in [-0.4, -0.2) is 13.1 Å². The normalized spacial score (nSPS) is 14.9. The van der Waals surface area contributed by atoms with E-state index < -0.39 is 0 Å². The van der Waals surface area contributed by atoms with Crippen LogP contribution in [0.4, 0.5) is 11.4 Å². The first-order chi connectivity index (χ1) is 9.27. The third kappa shape index (κ3) is 2.24. The molecule has 19 heavy (non-hydrogen) atoms. The van der Waals surface area contributed by atoms with Gasteiger partial charge >= 0.3 is 0 Å². The van der Waals surface area contributed by atoms with Crippen molar-refractivity contribution in [3.8, 4) is 0 Å². The van der Waals surface area contributed by atoms with Gasteiger partial charge in [0.1, 0.15) is 0 Å². The molecule has 0 amide bonds. The van der Waals surface area contributed by atoms with Gasteiger partial charge in [-0.2, -0.15) is 0 Å². The fourth-order valence-corrected chi connectivity index (χ4v) is 2.74. The molecule has 1 aliphatic rings. The van der Waals surface area contributed by atoms with E-state index in [0.29, 0.717) is 0 Å². The monoisotopic (exact) mass is 252 g/mol. The van der Waals surface area contributed by atoms with Gasteiger partial charge in [0, 0.05) is 31.0 Å². The first kappa shape index (κ1) is 12.2. The summed E-state index contributed by atoms with van der Waals surface area (Å²) >= 11 is 0. The van der Waals surface area contributed by atoms with Gasteiger partial charge in [-0.1, -0.05) is 30.3 Å². The molecule has 2 aromatic rings. The first-order valence-corrected chi connectivity index (χ1v) is 6.90. The topological polar surface area (TPSA) is 15.3 Å². The van der Waals surface area contributed by atoms with Crippen LogP contribution in [0.2, 0.25) is 0 Å². The largest absolute Gasteiger partial charge is 0.340 e. The molecule has 2 aromatic carbocycles. The molecule has 1 heterocycles. The zero-order chi connectivity index (χ0) is 13.2. The molecule has 0 aromatic heterocycles. The second-order valence-electron chi connectivity index (χ2n) is 5.18. The van der Waals surface area contributed by atoms with E-state index in [1.807, 2.05) is 0 Å². The number of nitrogens with zero attached hydrogens (tertiary/aromatic N) is 1. The number of para-hydroxylation sites is 1. The molecule has 98 valence electrons. The van der Waals surface area contributed by atoms with Gasteiger partial charge in [0.2, 0.25) is 0 Å². The molecule has 1 N–H and O–H groups in total. The lowest BCUT2D eigenvalue weighted by Gasteiger charge is -2.27. The molecule has 0 saturated heterocycles. The quantitative estimate of drug-likeness (QED) is 0.835. The number of nitrogens with one attached hydrogen (secondary N) is 1. The van der Waals surface area contributed by atoms with Gasteiger partial charge in [-0.3, -0.25) is 0 Å². The maximum Gasteiger partial charge on any atom is 0.0456 e. The molecule has 0 unspecified atom stereocenters. The van der Waals surface area contributed by atoms with Crippen molar-refractivity contribution in [1.82, 2.24) is 5.32 Å². The second-order valence-corrected chi connectivity index (χ2v) is 5.18. The second kappa shape index (κ2) is 5.06. The van der Waals surface area contributed by atoms with Gasteiger partial charge in [0.15, 0.2) is 0 Å². The maximum absolute atomic E-state index is 3.50. The number of rotatable bonds is 1. The Morgan fingerprint density at radius 2 is 1.74 bits per heavy atom. The predicted molar refractivity (Wildman–Crippen MR) is 81.1 cm³/mol. The number of aryl methyl sites for hydroxylation is 1. The fourth-order valence-electron chi connectivity index (χ4n) is 2.74. The van der Waals surface area contributed by atoms with Crippen LogP contribution in [0.3, 0.4) is 0 Å². The summed E-state index contributed by atoms with van der Waals surface area (Å²) in [6, 6.07) is 15.2. The Morgan fingerprint density at radius 3 is 2.63 bits per heavy atom. The van der Waals surface area contributed by atoms with Crippen molar-refractivity contribution in [1.29, 1.82) is 0 Å². The highest BCUT2D eigenvalue weighted by Gasteiger charge is 2.17. The summed E-state index contributed by atoms with van der Waals surface area (Å²) < 4.78 is 0. The Kier molecular flexibility index (Phi) is 3.26. The van der Waals surface area contributed by atoms with E-state index in [-0.39, 0.29) is 0 Å². The smallest absolute Gasteiger partial charge is 0.0456 e. The highest BCUT2D eigenvalue weighted by atomic mass is 15.2. The summed E-state index contributed by atoms with van der Waals surface area (Å²) in [5.74, 6) is 0. The molecule has 0 fully saturated rings. The average molecular weight is 252 g/mol. The van der Waals surface area contributed by atoms with E-state index >= 15 is 0 Å². The van der Waals surface area contributed by atoms with Crippen LogP contribution in [0.25, 0.3) is 0 Å². The standard InChI is InChI=1S/C17H20N2/c1-13-6-5-9-16(14(13)2)19-11-10-18-12-15-7-3-4-8-17(15)19/h3-9,18H,10-12H2,1-2H3. The van der Waals surface area contributed by atoms with Gasteiger partial charge in [-0.25, -0.2) is 0 Å². The molecule has 3 rings (SSSR count). The van der Waals surface area contributed by atoms with Crippen LogP contribution in [-0.2, 0) is 6.54 Å². The average Bonchev–Trinajstić information content (AvgIpc) is 2.64. The van der Waals surface area contributed by atoms with Crippen LogP contribution in [0.1, 0.15) is 16.7 Å². The molecule has 0 atom stereocenters. The molecule has 0 saturated carbocycles. The van der Waals surface area contributed by atoms with Gasteiger partial charge in [0.05, 0.1) is 0 Å². The minimum Gasteiger partial charge on any atom is -0.340 e. The molecule has 0 aliphatic carbocycles. The van der Waals surface area contributed by atoms with Crippen LogP contribution < -0.4 is 10.2 Å². The highest BCUT2D eigenvalue weighted by molar-refractivity contribution is 5.70. The van der Waals surface area contributed by atoms with E-state index in [4.69, 9.17) is 0 Å². The van der Waals surface area contributed by atoms with Gasteiger partial charge in [0.25, 0.3) is 0 Å². The van der Waals surface area contributed by atoms with E-state index in [0.717, 1.165) is 19.6 Å². The molecule has 0 spiro atoms. The maximum atomic E-state index is 3.50. The Bertz CT molecular complexity index is 590. The number of fused-ring (bicyclic) bond motifs is 1. The Balaban J connectivity index is 2.12. The molecule has 0 radical (unpaired) electrons. The number of benzene rings is 2. The van der Waals surface area contributed by atoms with Crippen molar-refractivity contribution in [3.63, 3.8) is 0 Å². The van der Waals surface area contributed by atoms with Gasteiger partial charge in [-0.15, -0.1) is 0 Å². The third-order valence-electron chi connectivity index (χ3n) is 3.98. The summed E-state index contributed by atoms with van der Waals surface area (Å²) in [7, 11) is 0. The summed E-state index contributed by atoms with van der Waals surface area (Å²) in [6.07, 6.45) is 0. The van der Waals surface area contributed by atoms with Crippen molar-refractivity contribution in [2.24, 2.45) is 0 Å². The lowest BCUT2D eigenvalue weighted by atomic mass is 10.1. The molecular weight excluding hydrogens is 232 g/mol. The number of hydrogen-bond acceptors (Lipinski definition) is 2. The van der Waals surface area contributed by atoms with E-state index in [9.17, 15) is 0 Å². The first-order valence-electron chi connectivity index (χ1n) is 6.90. The zero-order valence-corrected chi connectivity index (χ0v) is 11.6. The molecular formula is C17H20N2. The van der Waals surface area contributed by atoms with Crippen molar-refractivity contribution in [3.05, 3.63) is 59.2 Å². The molecule has 2 nitrogen and oxygen atoms in total. The fraction of sp³-hybridized carbons (Fsp3) is 0.294. The molecule has 1 aliphatic heterocycles. The van der Waals surface area contributed by atoms with Gasteiger partial charge in [-0.05, 0) is 42.7 Å². The molecule has 2 heteroatoms. The van der Waals surface area contributed by atoms with Crippen molar-refractivity contribution >= 4 is 11.4 Å². The number of hydrogen-bond donors (Lipinski definition) is 1. The van der Waals surface area contributed by atoms with E-state index in [1.54, 1.807) is 0 Å². The van der Waals surface area contributed by atoms with E-state index in [1.165, 1.54) is 28.1 Å². The highest BCUT2D eigenvalue weighted by Crippen LogP contribution is 2.32. The Labute approximate surface area is 115 Å². The van der Waals surface area contributed by atoms with Crippen molar-refractivity contribution < 1.29 is 0 Å². The Morgan fingerprint density at radius 1 is 0.947 bits per heavy atom. The number of anilines is 2. The minimum atomic E-state index is 0.956. The van der Waals surface area contributed by atoms with Crippen LogP contribution >= 0.6 is 0 Å². The summed E-state index contributed by atoms with van der Waals surface area (Å²) in [6.45, 7) is 7.38. The Hall–Kier alpha value is -1.80. The van der Waals surface area contributed by atoms with Crippen LogP contribution in [0, 0.1) is 13.8 Å². The lowest BCUT2D eigenvalue weighted by Crippen LogP contribution is -2.25. The molecule has 0 bridgehead atoms. The van der Waals surface area contributed by atoms with Crippen LogP contribution in [0.15, 0.2) is 42.5 Å². The minimum absolute atomic E-state index is 0.956. The summed E-state index contributed by atoms with van der Waals surface area (Å²) in [4.78, 5) is 2.44. The lowest BCUT2D eigenvalue weighted by molar-refractivity contribution is 0.712. The summed E-state index contributed by atoms with van der Waals surface area (Å²) in [5.41, 5.74) is 6.77. The summed E-state index contributed by atoms with van der Waals surface area (Å²) in [5, 5.41) is 3.50. The van der Waals surface area contributed by atoms with E-state index in [2.05, 4.69) is 66.5 Å².